The van der Waals surface area contributed by atoms with Crippen LogP contribution in [0.3, 0.4) is 0 Å². The first kappa shape index (κ1) is 15.6. The van der Waals surface area contributed by atoms with Gasteiger partial charge in [0.2, 0.25) is 0 Å². The fourth-order valence-corrected chi connectivity index (χ4v) is 1.69. The average molecular weight is 278 g/mol. The van der Waals surface area contributed by atoms with Gasteiger partial charge in [-0.05, 0) is 12.1 Å². The number of benzene rings is 1. The Labute approximate surface area is 116 Å². The van der Waals surface area contributed by atoms with Gasteiger partial charge in [0, 0.05) is 12.3 Å². The van der Waals surface area contributed by atoms with Gasteiger partial charge in [0.15, 0.2) is 0 Å². The van der Waals surface area contributed by atoms with Crippen LogP contribution in [0.4, 0.5) is 4.39 Å². The molecule has 1 N–H and O–H groups in total. The molecule has 2 atom stereocenters. The van der Waals surface area contributed by atoms with Crippen molar-refractivity contribution in [2.45, 2.75) is 19.4 Å². The monoisotopic (exact) mass is 278 g/mol. The molecule has 0 heterocycles. The summed E-state index contributed by atoms with van der Waals surface area (Å²) in [4.78, 5) is 23.6. The molecule has 0 aliphatic heterocycles. The summed E-state index contributed by atoms with van der Waals surface area (Å²) in [6, 6.07) is 6.37. The molecule has 1 aromatic carbocycles. The molecule has 1 amide bonds. The van der Waals surface area contributed by atoms with Crippen LogP contribution in [0.25, 0.3) is 0 Å². The maximum atomic E-state index is 13.5. The number of methoxy groups -OCH3 is 1. The van der Waals surface area contributed by atoms with E-state index in [1.54, 1.807) is 6.92 Å². The minimum absolute atomic E-state index is 0.0668. The molecule has 0 radical (unpaired) electrons. The van der Waals surface area contributed by atoms with E-state index in [4.69, 9.17) is 5.26 Å². The number of carbonyl (C=O) groups excluding carboxylic acids is 2. The largest absolute Gasteiger partial charge is 0.467 e. The second-order valence-corrected chi connectivity index (χ2v) is 4.29. The zero-order valence-electron chi connectivity index (χ0n) is 11.2. The Morgan fingerprint density at radius 3 is 2.65 bits per heavy atom. The first-order valence-corrected chi connectivity index (χ1v) is 6.01. The number of nitrogens with zero attached hydrogens (tertiary/aromatic N) is 1. The highest BCUT2D eigenvalue weighted by Crippen LogP contribution is 2.12. The van der Waals surface area contributed by atoms with Crippen LogP contribution in [0.1, 0.15) is 23.7 Å². The smallest absolute Gasteiger partial charge is 0.328 e. The quantitative estimate of drug-likeness (QED) is 0.830. The Kier molecular flexibility index (Phi) is 5.66. The fraction of sp³-hybridized carbons (Fsp3) is 0.357. The molecule has 1 aromatic rings. The third kappa shape index (κ3) is 3.79. The van der Waals surface area contributed by atoms with Gasteiger partial charge in [-0.1, -0.05) is 19.1 Å². The molecule has 106 valence electrons. The van der Waals surface area contributed by atoms with Crippen LogP contribution in [0.15, 0.2) is 24.3 Å². The molecule has 0 spiro atoms. The number of ether oxygens (including phenoxy) is 1. The lowest BCUT2D eigenvalue weighted by Gasteiger charge is -2.21. The molecule has 6 heteroatoms. The highest BCUT2D eigenvalue weighted by Gasteiger charge is 2.28. The third-order valence-electron chi connectivity index (χ3n) is 2.84. The number of halogens is 1. The van der Waals surface area contributed by atoms with E-state index >= 15 is 0 Å². The van der Waals surface area contributed by atoms with Crippen molar-refractivity contribution < 1.29 is 18.7 Å². The number of esters is 1. The SMILES string of the molecule is COC(=O)[C@H](NC(=O)c1ccccc1F)[C@@H](C)CC#N. The zero-order valence-corrected chi connectivity index (χ0v) is 11.2. The van der Waals surface area contributed by atoms with E-state index in [0.717, 1.165) is 6.07 Å². The van der Waals surface area contributed by atoms with Crippen molar-refractivity contribution in [2.75, 3.05) is 7.11 Å². The van der Waals surface area contributed by atoms with Gasteiger partial charge in [0.1, 0.15) is 11.9 Å². The number of nitriles is 1. The Morgan fingerprint density at radius 2 is 2.10 bits per heavy atom. The van der Waals surface area contributed by atoms with Gasteiger partial charge < -0.3 is 10.1 Å². The van der Waals surface area contributed by atoms with Crippen LogP contribution in [-0.4, -0.2) is 25.0 Å². The molecule has 0 saturated heterocycles. The van der Waals surface area contributed by atoms with E-state index in [9.17, 15) is 14.0 Å². The van der Waals surface area contributed by atoms with Gasteiger partial charge in [-0.15, -0.1) is 0 Å². The summed E-state index contributed by atoms with van der Waals surface area (Å²) >= 11 is 0. The number of rotatable bonds is 5. The predicted octanol–water partition coefficient (Wildman–Crippen LogP) is 1.65. The van der Waals surface area contributed by atoms with Crippen LogP contribution in [0, 0.1) is 23.1 Å². The van der Waals surface area contributed by atoms with E-state index in [1.807, 2.05) is 6.07 Å². The maximum absolute atomic E-state index is 13.5. The highest BCUT2D eigenvalue weighted by molar-refractivity contribution is 5.97. The van der Waals surface area contributed by atoms with Gasteiger partial charge in [0.25, 0.3) is 5.91 Å². The van der Waals surface area contributed by atoms with Crippen molar-refractivity contribution >= 4 is 11.9 Å². The summed E-state index contributed by atoms with van der Waals surface area (Å²) in [6.45, 7) is 1.63. The van der Waals surface area contributed by atoms with Crippen molar-refractivity contribution in [2.24, 2.45) is 5.92 Å². The summed E-state index contributed by atoms with van der Waals surface area (Å²) in [5.74, 6) is -2.51. The Hall–Kier alpha value is -2.42. The number of carbonyl (C=O) groups is 2. The molecule has 20 heavy (non-hydrogen) atoms. The number of hydrogen-bond acceptors (Lipinski definition) is 4. The molecule has 0 aliphatic carbocycles. The Morgan fingerprint density at radius 1 is 1.45 bits per heavy atom. The number of nitrogens with one attached hydrogen (secondary N) is 1. The summed E-state index contributed by atoms with van der Waals surface area (Å²) in [5.41, 5.74) is -0.162. The van der Waals surface area contributed by atoms with Crippen molar-refractivity contribution in [1.82, 2.24) is 5.32 Å². The minimum atomic E-state index is -0.994. The lowest BCUT2D eigenvalue weighted by atomic mass is 9.98. The number of amides is 1. The van der Waals surface area contributed by atoms with E-state index in [1.165, 1.54) is 25.3 Å². The summed E-state index contributed by atoms with van der Waals surface area (Å²) in [5, 5.41) is 11.1. The van der Waals surface area contributed by atoms with Gasteiger partial charge in [0.05, 0.1) is 18.7 Å². The maximum Gasteiger partial charge on any atom is 0.328 e. The van der Waals surface area contributed by atoms with Gasteiger partial charge in [-0.2, -0.15) is 5.26 Å². The van der Waals surface area contributed by atoms with Crippen molar-refractivity contribution in [1.29, 1.82) is 5.26 Å². The third-order valence-corrected chi connectivity index (χ3v) is 2.84. The molecule has 0 aromatic heterocycles. The van der Waals surface area contributed by atoms with Crippen molar-refractivity contribution in [3.63, 3.8) is 0 Å². The van der Waals surface area contributed by atoms with Crippen molar-refractivity contribution in [3.05, 3.63) is 35.6 Å². The van der Waals surface area contributed by atoms with Crippen molar-refractivity contribution in [3.8, 4) is 6.07 Å². The molecule has 5 nitrogen and oxygen atoms in total. The lowest BCUT2D eigenvalue weighted by Crippen LogP contribution is -2.46. The average Bonchev–Trinajstić information content (AvgIpc) is 2.44. The van der Waals surface area contributed by atoms with Gasteiger partial charge in [-0.3, -0.25) is 4.79 Å². The van der Waals surface area contributed by atoms with Gasteiger partial charge >= 0.3 is 5.97 Å². The molecule has 0 unspecified atom stereocenters. The van der Waals surface area contributed by atoms with Gasteiger partial charge in [-0.25, -0.2) is 9.18 Å². The highest BCUT2D eigenvalue weighted by atomic mass is 19.1. The Balaban J connectivity index is 2.90. The molecular weight excluding hydrogens is 263 g/mol. The lowest BCUT2D eigenvalue weighted by molar-refractivity contribution is -0.144. The van der Waals surface area contributed by atoms with E-state index in [0.29, 0.717) is 0 Å². The normalized spacial score (nSPS) is 12.9. The van der Waals surface area contributed by atoms with Crippen LogP contribution >= 0.6 is 0 Å². The zero-order chi connectivity index (χ0) is 15.1. The topological polar surface area (TPSA) is 79.2 Å². The van der Waals surface area contributed by atoms with Crippen LogP contribution < -0.4 is 5.32 Å². The van der Waals surface area contributed by atoms with E-state index in [2.05, 4.69) is 10.1 Å². The molecule has 0 bridgehead atoms. The Bertz CT molecular complexity index is 539. The predicted molar refractivity (Wildman–Crippen MR) is 69.1 cm³/mol. The molecule has 0 fully saturated rings. The molecule has 0 aliphatic rings. The standard InChI is InChI=1S/C14H15FN2O3/c1-9(7-8-16)12(14(19)20-2)17-13(18)10-5-3-4-6-11(10)15/h3-6,9,12H,7H2,1-2H3,(H,17,18)/t9-,12+/m0/s1. The van der Waals surface area contributed by atoms with E-state index in [-0.39, 0.29) is 12.0 Å². The molecule has 0 saturated carbocycles. The number of hydrogen-bond donors (Lipinski definition) is 1. The van der Waals surface area contributed by atoms with E-state index < -0.39 is 29.7 Å². The minimum Gasteiger partial charge on any atom is -0.467 e. The van der Waals surface area contributed by atoms with Crippen LogP contribution in [0.5, 0.6) is 0 Å². The van der Waals surface area contributed by atoms with Crippen LogP contribution in [-0.2, 0) is 9.53 Å². The second-order valence-electron chi connectivity index (χ2n) is 4.29. The molecule has 1 rings (SSSR count). The summed E-state index contributed by atoms with van der Waals surface area (Å²) < 4.78 is 18.1. The first-order chi connectivity index (χ1) is 9.51. The van der Waals surface area contributed by atoms with Crippen LogP contribution in [0.2, 0.25) is 0 Å². The first-order valence-electron chi connectivity index (χ1n) is 6.01. The summed E-state index contributed by atoms with van der Waals surface area (Å²) in [6.07, 6.45) is 0.0668. The second kappa shape index (κ2) is 7.24. The molecular formula is C14H15FN2O3. The fourth-order valence-electron chi connectivity index (χ4n) is 1.69. The summed E-state index contributed by atoms with van der Waals surface area (Å²) in [7, 11) is 1.18.